The summed E-state index contributed by atoms with van der Waals surface area (Å²) in [5.74, 6) is 4.00. The molecule has 3 heteroatoms. The second-order valence-corrected chi connectivity index (χ2v) is 6.21. The average molecular weight is 222 g/mol. The lowest BCUT2D eigenvalue weighted by molar-refractivity contribution is -0.132. The molecule has 1 amide bonds. The molecule has 5 unspecified atom stereocenters. The standard InChI is InChI=1S/C13H22N2O/c1-7(14)6-15(2)13(16)12-10-8-3-4-9(5-8)11(10)12/h7-12H,3-6,14H2,1-2H3. The van der Waals surface area contributed by atoms with Gasteiger partial charge in [-0.1, -0.05) is 0 Å². The zero-order valence-electron chi connectivity index (χ0n) is 10.2. The van der Waals surface area contributed by atoms with E-state index in [0.29, 0.717) is 18.4 Å². The van der Waals surface area contributed by atoms with Crippen LogP contribution < -0.4 is 5.73 Å². The Bertz CT molecular complexity index is 299. The number of hydrogen-bond donors (Lipinski definition) is 1. The normalized spacial score (nSPS) is 45.3. The molecule has 2 N–H and O–H groups in total. The first-order valence-electron chi connectivity index (χ1n) is 6.60. The molecule has 16 heavy (non-hydrogen) atoms. The summed E-state index contributed by atoms with van der Waals surface area (Å²) in [5, 5.41) is 0. The number of carbonyl (C=O) groups is 1. The van der Waals surface area contributed by atoms with Crippen molar-refractivity contribution < 1.29 is 4.79 Å². The minimum absolute atomic E-state index is 0.0873. The lowest BCUT2D eigenvalue weighted by Gasteiger charge is -2.21. The first-order valence-corrected chi connectivity index (χ1v) is 6.60. The van der Waals surface area contributed by atoms with Gasteiger partial charge in [-0.05, 0) is 49.9 Å². The fourth-order valence-electron chi connectivity index (χ4n) is 4.43. The van der Waals surface area contributed by atoms with Crippen molar-refractivity contribution in [2.75, 3.05) is 13.6 Å². The van der Waals surface area contributed by atoms with Crippen molar-refractivity contribution in [3.8, 4) is 0 Å². The zero-order valence-corrected chi connectivity index (χ0v) is 10.2. The molecule has 3 fully saturated rings. The maximum Gasteiger partial charge on any atom is 0.226 e. The zero-order chi connectivity index (χ0) is 11.4. The van der Waals surface area contributed by atoms with E-state index in [9.17, 15) is 4.79 Å². The average Bonchev–Trinajstić information content (AvgIpc) is 2.64. The lowest BCUT2D eigenvalue weighted by Crippen LogP contribution is -2.38. The van der Waals surface area contributed by atoms with Crippen LogP contribution in [0.25, 0.3) is 0 Å². The second-order valence-electron chi connectivity index (χ2n) is 6.21. The first kappa shape index (κ1) is 10.6. The molecule has 0 aliphatic heterocycles. The van der Waals surface area contributed by atoms with Gasteiger partial charge in [0.25, 0.3) is 0 Å². The van der Waals surface area contributed by atoms with Crippen molar-refractivity contribution in [3.05, 3.63) is 0 Å². The maximum absolute atomic E-state index is 12.2. The van der Waals surface area contributed by atoms with Crippen molar-refractivity contribution in [2.45, 2.75) is 32.2 Å². The largest absolute Gasteiger partial charge is 0.344 e. The van der Waals surface area contributed by atoms with Crippen molar-refractivity contribution in [3.63, 3.8) is 0 Å². The van der Waals surface area contributed by atoms with Crippen LogP contribution in [0.4, 0.5) is 0 Å². The van der Waals surface area contributed by atoms with Crippen molar-refractivity contribution in [2.24, 2.45) is 35.3 Å². The number of hydrogen-bond acceptors (Lipinski definition) is 2. The van der Waals surface area contributed by atoms with Crippen LogP contribution in [0, 0.1) is 29.6 Å². The number of rotatable bonds is 3. The van der Waals surface area contributed by atoms with Gasteiger partial charge in [0.2, 0.25) is 5.91 Å². The number of nitrogens with zero attached hydrogens (tertiary/aromatic N) is 1. The highest BCUT2D eigenvalue weighted by molar-refractivity contribution is 5.82. The summed E-state index contributed by atoms with van der Waals surface area (Å²) in [4.78, 5) is 14.1. The predicted molar refractivity (Wildman–Crippen MR) is 62.6 cm³/mol. The Morgan fingerprint density at radius 3 is 2.44 bits per heavy atom. The van der Waals surface area contributed by atoms with E-state index in [-0.39, 0.29) is 6.04 Å². The van der Waals surface area contributed by atoms with E-state index >= 15 is 0 Å². The van der Waals surface area contributed by atoms with Crippen LogP contribution in [-0.2, 0) is 4.79 Å². The minimum Gasteiger partial charge on any atom is -0.344 e. The fraction of sp³-hybridized carbons (Fsp3) is 0.923. The molecule has 3 rings (SSSR count). The van der Waals surface area contributed by atoms with Gasteiger partial charge < -0.3 is 10.6 Å². The number of fused-ring (bicyclic) bond motifs is 5. The van der Waals surface area contributed by atoms with Gasteiger partial charge >= 0.3 is 0 Å². The third kappa shape index (κ3) is 1.41. The highest BCUT2D eigenvalue weighted by Gasteiger charge is 2.67. The van der Waals surface area contributed by atoms with Gasteiger partial charge in [-0.2, -0.15) is 0 Å². The highest BCUT2D eigenvalue weighted by Crippen LogP contribution is 2.69. The predicted octanol–water partition coefficient (Wildman–Crippen LogP) is 1.08. The van der Waals surface area contributed by atoms with Crippen LogP contribution in [0.3, 0.4) is 0 Å². The molecule has 3 aliphatic rings. The molecule has 0 heterocycles. The molecule has 3 saturated carbocycles. The molecular formula is C13H22N2O. The van der Waals surface area contributed by atoms with Gasteiger partial charge in [0, 0.05) is 25.6 Å². The van der Waals surface area contributed by atoms with Crippen LogP contribution >= 0.6 is 0 Å². The Morgan fingerprint density at radius 2 is 1.94 bits per heavy atom. The molecule has 0 radical (unpaired) electrons. The quantitative estimate of drug-likeness (QED) is 0.777. The summed E-state index contributed by atoms with van der Waals surface area (Å²) in [6.07, 6.45) is 4.18. The molecule has 3 aliphatic carbocycles. The van der Waals surface area contributed by atoms with E-state index in [1.165, 1.54) is 19.3 Å². The number of amides is 1. The minimum atomic E-state index is 0.0873. The van der Waals surface area contributed by atoms with Gasteiger partial charge in [0.05, 0.1) is 0 Å². The van der Waals surface area contributed by atoms with Crippen LogP contribution in [0.2, 0.25) is 0 Å². The highest BCUT2D eigenvalue weighted by atomic mass is 16.2. The Balaban J connectivity index is 1.62. The third-order valence-electron chi connectivity index (χ3n) is 4.96. The van der Waals surface area contributed by atoms with Crippen LogP contribution in [0.5, 0.6) is 0 Å². The Hall–Kier alpha value is -0.570. The smallest absolute Gasteiger partial charge is 0.226 e. The number of carbonyl (C=O) groups excluding carboxylic acids is 1. The van der Waals surface area contributed by atoms with E-state index in [1.807, 2.05) is 18.9 Å². The van der Waals surface area contributed by atoms with Gasteiger partial charge in [-0.15, -0.1) is 0 Å². The molecule has 0 aromatic rings. The summed E-state index contributed by atoms with van der Waals surface area (Å²) >= 11 is 0. The monoisotopic (exact) mass is 222 g/mol. The summed E-state index contributed by atoms with van der Waals surface area (Å²) < 4.78 is 0. The van der Waals surface area contributed by atoms with E-state index in [4.69, 9.17) is 5.73 Å². The van der Waals surface area contributed by atoms with Gasteiger partial charge in [-0.25, -0.2) is 0 Å². The molecule has 0 aromatic heterocycles. The Kier molecular flexibility index (Phi) is 2.29. The number of nitrogens with two attached hydrogens (primary N) is 1. The third-order valence-corrected chi connectivity index (χ3v) is 4.96. The van der Waals surface area contributed by atoms with E-state index < -0.39 is 0 Å². The second kappa shape index (κ2) is 3.46. The molecule has 0 saturated heterocycles. The van der Waals surface area contributed by atoms with Crippen molar-refractivity contribution in [1.82, 2.24) is 4.90 Å². The van der Waals surface area contributed by atoms with Crippen molar-refractivity contribution in [1.29, 1.82) is 0 Å². The molecule has 3 nitrogen and oxygen atoms in total. The first-order chi connectivity index (χ1) is 7.59. The summed E-state index contributed by atoms with van der Waals surface area (Å²) in [6.45, 7) is 2.66. The van der Waals surface area contributed by atoms with E-state index in [0.717, 1.165) is 23.7 Å². The number of likely N-dealkylation sites (N-methyl/N-ethyl adjacent to an activating group) is 1. The Labute approximate surface area is 97.4 Å². The van der Waals surface area contributed by atoms with Gasteiger partial charge in [-0.3, -0.25) is 4.79 Å². The SMILES string of the molecule is CC(N)CN(C)C(=O)C1C2C3CCC(C3)C12. The summed E-state index contributed by atoms with van der Waals surface area (Å²) in [6, 6.07) is 0.0873. The summed E-state index contributed by atoms with van der Waals surface area (Å²) in [5.41, 5.74) is 5.74. The molecular weight excluding hydrogens is 200 g/mol. The van der Waals surface area contributed by atoms with Gasteiger partial charge in [0.15, 0.2) is 0 Å². The summed E-state index contributed by atoms with van der Waals surface area (Å²) in [7, 11) is 1.90. The maximum atomic E-state index is 12.2. The van der Waals surface area contributed by atoms with E-state index in [2.05, 4.69) is 0 Å². The Morgan fingerprint density at radius 1 is 1.38 bits per heavy atom. The van der Waals surface area contributed by atoms with Crippen molar-refractivity contribution >= 4 is 5.91 Å². The van der Waals surface area contributed by atoms with Crippen LogP contribution in [0.1, 0.15) is 26.2 Å². The van der Waals surface area contributed by atoms with Gasteiger partial charge in [0.1, 0.15) is 0 Å². The molecule has 0 aromatic carbocycles. The fourth-order valence-corrected chi connectivity index (χ4v) is 4.43. The molecule has 2 bridgehead atoms. The topological polar surface area (TPSA) is 46.3 Å². The molecule has 5 atom stereocenters. The lowest BCUT2D eigenvalue weighted by atomic mass is 10.0. The molecule has 0 spiro atoms. The molecule has 90 valence electrons. The van der Waals surface area contributed by atoms with E-state index in [1.54, 1.807) is 0 Å². The van der Waals surface area contributed by atoms with Crippen LogP contribution in [-0.4, -0.2) is 30.4 Å². The van der Waals surface area contributed by atoms with Crippen LogP contribution in [0.15, 0.2) is 0 Å².